The van der Waals surface area contributed by atoms with E-state index < -0.39 is 42.4 Å². The Kier molecular flexibility index (Phi) is 5.30. The number of hydrogen-bond acceptors (Lipinski definition) is 5. The van der Waals surface area contributed by atoms with Crippen LogP contribution in [-0.4, -0.2) is 64.8 Å². The molecule has 0 aromatic heterocycles. The molecule has 9 nitrogen and oxygen atoms in total. The van der Waals surface area contributed by atoms with Gasteiger partial charge in [0.1, 0.15) is 12.1 Å². The molecule has 0 radical (unpaired) electrons. The first-order valence-corrected chi connectivity index (χ1v) is 5.96. The average molecular weight is 288 g/mol. The van der Waals surface area contributed by atoms with Crippen LogP contribution < -0.4 is 5.32 Å². The zero-order valence-electron chi connectivity index (χ0n) is 10.9. The Morgan fingerprint density at radius 1 is 1.35 bits per heavy atom. The van der Waals surface area contributed by atoms with E-state index in [-0.39, 0.29) is 6.54 Å². The minimum Gasteiger partial charge on any atom is -0.481 e. The summed E-state index contributed by atoms with van der Waals surface area (Å²) in [5.74, 6) is -3.37. The number of carboxylic acid groups (broad SMARTS) is 2. The SMILES string of the molecule is COC(=O)C1CCCN1C(=O)N[C@H](CC(=O)O)C(=O)O. The second-order valence-electron chi connectivity index (χ2n) is 4.31. The van der Waals surface area contributed by atoms with E-state index in [1.807, 2.05) is 0 Å². The lowest BCUT2D eigenvalue weighted by atomic mass is 10.2. The van der Waals surface area contributed by atoms with Crippen molar-refractivity contribution < 1.29 is 34.1 Å². The van der Waals surface area contributed by atoms with Crippen LogP contribution in [0.1, 0.15) is 19.3 Å². The predicted molar refractivity (Wildman–Crippen MR) is 64.0 cm³/mol. The number of ether oxygens (including phenoxy) is 1. The van der Waals surface area contributed by atoms with Crippen molar-refractivity contribution in [1.82, 2.24) is 10.2 Å². The molecule has 3 N–H and O–H groups in total. The highest BCUT2D eigenvalue weighted by Crippen LogP contribution is 2.18. The second kappa shape index (κ2) is 6.73. The van der Waals surface area contributed by atoms with Crippen molar-refractivity contribution in [2.75, 3.05) is 13.7 Å². The third-order valence-corrected chi connectivity index (χ3v) is 2.96. The van der Waals surface area contributed by atoms with Crippen LogP contribution >= 0.6 is 0 Å². The molecular weight excluding hydrogens is 272 g/mol. The molecule has 1 aliphatic rings. The Bertz CT molecular complexity index is 423. The first-order chi connectivity index (χ1) is 9.36. The lowest BCUT2D eigenvalue weighted by Crippen LogP contribution is -2.51. The number of amides is 2. The topological polar surface area (TPSA) is 133 Å². The van der Waals surface area contributed by atoms with Gasteiger partial charge in [-0.25, -0.2) is 14.4 Å². The Morgan fingerprint density at radius 2 is 2.00 bits per heavy atom. The predicted octanol–water partition coefficient (Wildman–Crippen LogP) is -0.739. The fraction of sp³-hybridized carbons (Fsp3) is 0.636. The van der Waals surface area contributed by atoms with Gasteiger partial charge in [-0.2, -0.15) is 0 Å². The highest BCUT2D eigenvalue weighted by molar-refractivity contribution is 5.88. The van der Waals surface area contributed by atoms with Crippen molar-refractivity contribution in [3.63, 3.8) is 0 Å². The first kappa shape index (κ1) is 15.7. The number of carbonyl (C=O) groups is 4. The van der Waals surface area contributed by atoms with Gasteiger partial charge in [0.05, 0.1) is 13.5 Å². The number of carboxylic acids is 2. The van der Waals surface area contributed by atoms with Crippen LogP contribution in [0.3, 0.4) is 0 Å². The summed E-state index contributed by atoms with van der Waals surface area (Å²) in [6.45, 7) is 0.283. The Labute approximate surface area is 114 Å². The maximum absolute atomic E-state index is 11.9. The summed E-state index contributed by atoms with van der Waals surface area (Å²) in [7, 11) is 1.20. The molecule has 0 saturated carbocycles. The zero-order chi connectivity index (χ0) is 15.3. The van der Waals surface area contributed by atoms with Crippen LogP contribution in [0, 0.1) is 0 Å². The Morgan fingerprint density at radius 3 is 2.50 bits per heavy atom. The van der Waals surface area contributed by atoms with E-state index in [1.165, 1.54) is 7.11 Å². The number of nitrogens with one attached hydrogen (secondary N) is 1. The molecule has 20 heavy (non-hydrogen) atoms. The van der Waals surface area contributed by atoms with Crippen LogP contribution in [0.5, 0.6) is 0 Å². The number of esters is 1. The van der Waals surface area contributed by atoms with E-state index in [0.717, 1.165) is 4.90 Å². The van der Waals surface area contributed by atoms with Crippen molar-refractivity contribution in [1.29, 1.82) is 0 Å². The Balaban J connectivity index is 2.70. The molecule has 1 saturated heterocycles. The van der Waals surface area contributed by atoms with Crippen LogP contribution in [0.4, 0.5) is 4.79 Å². The van der Waals surface area contributed by atoms with Crippen molar-refractivity contribution in [3.05, 3.63) is 0 Å². The van der Waals surface area contributed by atoms with E-state index in [4.69, 9.17) is 10.2 Å². The van der Waals surface area contributed by atoms with Crippen LogP contribution in [-0.2, 0) is 19.1 Å². The molecule has 1 aliphatic heterocycles. The van der Waals surface area contributed by atoms with E-state index >= 15 is 0 Å². The third kappa shape index (κ3) is 3.84. The number of nitrogens with zero attached hydrogens (tertiary/aromatic N) is 1. The van der Waals surface area contributed by atoms with E-state index in [9.17, 15) is 19.2 Å². The summed E-state index contributed by atoms with van der Waals surface area (Å²) in [6, 6.07) is -3.09. The number of likely N-dealkylation sites (tertiary alicyclic amines) is 1. The fourth-order valence-corrected chi connectivity index (χ4v) is 2.00. The van der Waals surface area contributed by atoms with Gasteiger partial charge in [-0.1, -0.05) is 0 Å². The third-order valence-electron chi connectivity index (χ3n) is 2.96. The number of carbonyl (C=O) groups excluding carboxylic acids is 2. The maximum atomic E-state index is 11.9. The zero-order valence-corrected chi connectivity index (χ0v) is 10.9. The average Bonchev–Trinajstić information content (AvgIpc) is 2.85. The normalized spacial score (nSPS) is 19.2. The Hall–Kier alpha value is -2.32. The molecule has 1 heterocycles. The molecule has 0 aromatic rings. The smallest absolute Gasteiger partial charge is 0.328 e. The van der Waals surface area contributed by atoms with Crippen LogP contribution in [0.15, 0.2) is 0 Å². The van der Waals surface area contributed by atoms with Gasteiger partial charge in [-0.15, -0.1) is 0 Å². The van der Waals surface area contributed by atoms with Crippen molar-refractivity contribution >= 4 is 23.9 Å². The molecule has 9 heteroatoms. The first-order valence-electron chi connectivity index (χ1n) is 5.96. The molecule has 0 aliphatic carbocycles. The van der Waals surface area contributed by atoms with Gasteiger partial charge in [-0.05, 0) is 12.8 Å². The summed E-state index contributed by atoms with van der Waals surface area (Å²) in [6.07, 6.45) is 0.276. The van der Waals surface area contributed by atoms with Crippen molar-refractivity contribution in [2.24, 2.45) is 0 Å². The monoisotopic (exact) mass is 288 g/mol. The van der Waals surface area contributed by atoms with Gasteiger partial charge in [-0.3, -0.25) is 4.79 Å². The molecule has 1 fully saturated rings. The molecule has 2 atom stereocenters. The largest absolute Gasteiger partial charge is 0.481 e. The van der Waals surface area contributed by atoms with Gasteiger partial charge < -0.3 is 25.2 Å². The number of aliphatic carboxylic acids is 2. The molecule has 0 spiro atoms. The van der Waals surface area contributed by atoms with Gasteiger partial charge in [0.15, 0.2) is 0 Å². The summed E-state index contributed by atoms with van der Waals surface area (Å²) in [4.78, 5) is 46.0. The minimum absolute atomic E-state index is 0.283. The highest BCUT2D eigenvalue weighted by atomic mass is 16.5. The number of rotatable bonds is 5. The second-order valence-corrected chi connectivity index (χ2v) is 4.31. The minimum atomic E-state index is -1.54. The number of methoxy groups -OCH3 is 1. The molecule has 112 valence electrons. The molecule has 1 unspecified atom stereocenters. The van der Waals surface area contributed by atoms with Crippen LogP contribution in [0.25, 0.3) is 0 Å². The molecule has 2 amide bonds. The van der Waals surface area contributed by atoms with Crippen molar-refractivity contribution in [2.45, 2.75) is 31.3 Å². The maximum Gasteiger partial charge on any atom is 0.328 e. The molecule has 0 bridgehead atoms. The van der Waals surface area contributed by atoms with Crippen LogP contribution in [0.2, 0.25) is 0 Å². The van der Waals surface area contributed by atoms with Gasteiger partial charge in [0, 0.05) is 6.54 Å². The fourth-order valence-electron chi connectivity index (χ4n) is 2.00. The molecular formula is C11H16N2O7. The standard InChI is InChI=1S/C11H16N2O7/c1-20-10(18)7-3-2-4-13(7)11(19)12-6(9(16)17)5-8(14)15/h6-7H,2-5H2,1H3,(H,12,19)(H,14,15)(H,16,17)/t6-,7?/m1/s1. The number of hydrogen-bond donors (Lipinski definition) is 3. The lowest BCUT2D eigenvalue weighted by Gasteiger charge is -2.24. The highest BCUT2D eigenvalue weighted by Gasteiger charge is 2.36. The van der Waals surface area contributed by atoms with E-state index in [0.29, 0.717) is 12.8 Å². The van der Waals surface area contributed by atoms with Crippen molar-refractivity contribution in [3.8, 4) is 0 Å². The quantitative estimate of drug-likeness (QED) is 0.567. The molecule has 0 aromatic carbocycles. The van der Waals surface area contributed by atoms with Gasteiger partial charge >= 0.3 is 23.9 Å². The summed E-state index contributed by atoms with van der Waals surface area (Å²) in [5, 5.41) is 19.5. The van der Waals surface area contributed by atoms with Gasteiger partial charge in [0.2, 0.25) is 0 Å². The summed E-state index contributed by atoms with van der Waals surface area (Å²) >= 11 is 0. The number of urea groups is 1. The summed E-state index contributed by atoms with van der Waals surface area (Å²) in [5.41, 5.74) is 0. The molecule has 1 rings (SSSR count). The summed E-state index contributed by atoms with van der Waals surface area (Å²) < 4.78 is 4.56. The lowest BCUT2D eigenvalue weighted by molar-refractivity contribution is -0.146. The van der Waals surface area contributed by atoms with E-state index in [2.05, 4.69) is 10.1 Å². The van der Waals surface area contributed by atoms with E-state index in [1.54, 1.807) is 0 Å². The van der Waals surface area contributed by atoms with Gasteiger partial charge in [0.25, 0.3) is 0 Å².